The third-order valence-corrected chi connectivity index (χ3v) is 6.18. The second-order valence-corrected chi connectivity index (χ2v) is 8.53. The third kappa shape index (κ3) is 4.24. The number of amides is 1. The molecule has 1 atom stereocenters. The van der Waals surface area contributed by atoms with E-state index in [0.717, 1.165) is 23.4 Å². The van der Waals surface area contributed by atoms with Crippen LogP contribution in [0.15, 0.2) is 47.4 Å². The molecule has 27 heavy (non-hydrogen) atoms. The van der Waals surface area contributed by atoms with Gasteiger partial charge < -0.3 is 10.2 Å². The summed E-state index contributed by atoms with van der Waals surface area (Å²) in [5.74, 6) is -0.0337. The molecule has 0 bridgehead atoms. The molecule has 2 aromatic rings. The summed E-state index contributed by atoms with van der Waals surface area (Å²) in [5, 5.41) is 3.35. The van der Waals surface area contributed by atoms with Crippen molar-refractivity contribution >= 4 is 33.0 Å². The zero-order valence-electron chi connectivity index (χ0n) is 15.8. The van der Waals surface area contributed by atoms with Crippen molar-refractivity contribution in [3.8, 4) is 0 Å². The zero-order chi connectivity index (χ0) is 19.6. The van der Waals surface area contributed by atoms with Crippen LogP contribution < -0.4 is 14.9 Å². The fraction of sp³-hybridized carbons (Fsp3) is 0.350. The molecule has 2 aromatic carbocycles. The van der Waals surface area contributed by atoms with Crippen molar-refractivity contribution in [3.63, 3.8) is 0 Å². The zero-order valence-corrected chi connectivity index (χ0v) is 16.6. The molecule has 0 aliphatic carbocycles. The van der Waals surface area contributed by atoms with Gasteiger partial charge in [0.25, 0.3) is 10.0 Å². The highest BCUT2D eigenvalue weighted by molar-refractivity contribution is 7.92. The van der Waals surface area contributed by atoms with E-state index < -0.39 is 10.0 Å². The minimum Gasteiger partial charge on any atom is -0.383 e. The molecule has 1 heterocycles. The topological polar surface area (TPSA) is 78.5 Å². The summed E-state index contributed by atoms with van der Waals surface area (Å²) in [6, 6.07) is 12.5. The first kappa shape index (κ1) is 19.2. The predicted octanol–water partition coefficient (Wildman–Crippen LogP) is 3.61. The van der Waals surface area contributed by atoms with Crippen molar-refractivity contribution in [2.45, 2.75) is 44.6 Å². The van der Waals surface area contributed by atoms with E-state index in [-0.39, 0.29) is 10.8 Å². The normalized spacial score (nSPS) is 14.6. The molecule has 1 amide bonds. The lowest BCUT2D eigenvalue weighted by Gasteiger charge is -2.15. The highest BCUT2D eigenvalue weighted by Gasteiger charge is 2.24. The van der Waals surface area contributed by atoms with E-state index in [1.165, 1.54) is 6.92 Å². The first-order valence-corrected chi connectivity index (χ1v) is 10.6. The molecule has 1 aliphatic rings. The van der Waals surface area contributed by atoms with Crippen LogP contribution in [0.25, 0.3) is 0 Å². The number of sulfonamides is 1. The van der Waals surface area contributed by atoms with E-state index in [1.807, 2.05) is 12.1 Å². The number of hydrogen-bond donors (Lipinski definition) is 2. The van der Waals surface area contributed by atoms with E-state index in [1.54, 1.807) is 35.2 Å². The Labute approximate surface area is 160 Å². The summed E-state index contributed by atoms with van der Waals surface area (Å²) in [7, 11) is -3.69. The van der Waals surface area contributed by atoms with Crippen LogP contribution in [0.1, 0.15) is 32.8 Å². The quantitative estimate of drug-likeness (QED) is 0.794. The summed E-state index contributed by atoms with van der Waals surface area (Å²) in [5.41, 5.74) is 3.13. The van der Waals surface area contributed by atoms with E-state index in [2.05, 4.69) is 23.9 Å². The molecule has 0 radical (unpaired) electrons. The highest BCUT2D eigenvalue weighted by atomic mass is 32.2. The Morgan fingerprint density at radius 3 is 2.44 bits per heavy atom. The number of rotatable bonds is 6. The van der Waals surface area contributed by atoms with Crippen LogP contribution in [-0.4, -0.2) is 26.9 Å². The van der Waals surface area contributed by atoms with Crippen molar-refractivity contribution < 1.29 is 13.2 Å². The molecule has 0 saturated carbocycles. The Kier molecular flexibility index (Phi) is 5.41. The Morgan fingerprint density at radius 1 is 1.15 bits per heavy atom. The van der Waals surface area contributed by atoms with Gasteiger partial charge in [-0.05, 0) is 67.8 Å². The molecule has 0 saturated heterocycles. The maximum absolute atomic E-state index is 12.7. The maximum atomic E-state index is 12.7. The number of anilines is 3. The molecule has 144 valence electrons. The van der Waals surface area contributed by atoms with Gasteiger partial charge >= 0.3 is 0 Å². The number of carbonyl (C=O) groups is 1. The number of fused-ring (bicyclic) bond motifs is 1. The Bertz CT molecular complexity index is 939. The van der Waals surface area contributed by atoms with Crippen molar-refractivity contribution in [2.75, 3.05) is 21.5 Å². The van der Waals surface area contributed by atoms with Crippen molar-refractivity contribution in [3.05, 3.63) is 48.0 Å². The van der Waals surface area contributed by atoms with E-state index in [0.29, 0.717) is 24.7 Å². The lowest BCUT2D eigenvalue weighted by molar-refractivity contribution is -0.116. The first-order chi connectivity index (χ1) is 12.8. The van der Waals surface area contributed by atoms with Gasteiger partial charge in [-0.3, -0.25) is 9.52 Å². The maximum Gasteiger partial charge on any atom is 0.261 e. The van der Waals surface area contributed by atoms with Crippen molar-refractivity contribution in [1.82, 2.24) is 0 Å². The van der Waals surface area contributed by atoms with Gasteiger partial charge in [-0.2, -0.15) is 0 Å². The van der Waals surface area contributed by atoms with E-state index in [4.69, 9.17) is 0 Å². The average molecular weight is 388 g/mol. The second kappa shape index (κ2) is 7.60. The molecule has 6 nitrogen and oxygen atoms in total. The molecular formula is C20H25N3O3S. The number of benzene rings is 2. The van der Waals surface area contributed by atoms with Crippen LogP contribution in [0.3, 0.4) is 0 Å². The number of carbonyl (C=O) groups excluding carboxylic acids is 1. The van der Waals surface area contributed by atoms with Gasteiger partial charge in [0, 0.05) is 36.6 Å². The minimum absolute atomic E-state index is 0.0337. The summed E-state index contributed by atoms with van der Waals surface area (Å²) in [6.07, 6.45) is 1.67. The Balaban J connectivity index is 1.76. The molecule has 0 fully saturated rings. The molecule has 2 N–H and O–H groups in total. The second-order valence-electron chi connectivity index (χ2n) is 6.85. The number of nitrogens with zero attached hydrogens (tertiary/aromatic N) is 1. The van der Waals surface area contributed by atoms with Crippen LogP contribution in [-0.2, 0) is 21.2 Å². The van der Waals surface area contributed by atoms with Gasteiger partial charge in [0.1, 0.15) is 0 Å². The lowest BCUT2D eigenvalue weighted by Crippen LogP contribution is -2.25. The van der Waals surface area contributed by atoms with E-state index >= 15 is 0 Å². The predicted molar refractivity (Wildman–Crippen MR) is 109 cm³/mol. The average Bonchev–Trinajstić information content (AvgIpc) is 3.06. The van der Waals surface area contributed by atoms with Gasteiger partial charge in [0.2, 0.25) is 5.91 Å². The van der Waals surface area contributed by atoms with Crippen LogP contribution in [0.4, 0.5) is 17.1 Å². The fourth-order valence-corrected chi connectivity index (χ4v) is 4.22. The highest BCUT2D eigenvalue weighted by Crippen LogP contribution is 2.31. The van der Waals surface area contributed by atoms with Crippen molar-refractivity contribution in [2.24, 2.45) is 0 Å². The Hall–Kier alpha value is -2.54. The summed E-state index contributed by atoms with van der Waals surface area (Å²) in [6.45, 7) is 6.30. The largest absolute Gasteiger partial charge is 0.383 e. The molecule has 0 aromatic heterocycles. The molecule has 7 heteroatoms. The molecule has 1 unspecified atom stereocenters. The number of nitrogens with one attached hydrogen (secondary N) is 2. The lowest BCUT2D eigenvalue weighted by atomic mass is 10.2. The van der Waals surface area contributed by atoms with Crippen LogP contribution >= 0.6 is 0 Å². The van der Waals surface area contributed by atoms with Crippen LogP contribution in [0.5, 0.6) is 0 Å². The van der Waals surface area contributed by atoms with Crippen LogP contribution in [0, 0.1) is 0 Å². The standard InChI is InChI=1S/C20H25N3O3S/c1-4-14(2)21-17-5-7-18(8-6-17)22-27(25,26)19-9-10-20-16(13-19)11-12-23(20)15(3)24/h5-10,13-14,21-22H,4,11-12H2,1-3H3. The third-order valence-electron chi connectivity index (χ3n) is 4.80. The smallest absolute Gasteiger partial charge is 0.261 e. The van der Waals surface area contributed by atoms with Gasteiger partial charge in [-0.15, -0.1) is 0 Å². The van der Waals surface area contributed by atoms with Crippen molar-refractivity contribution in [1.29, 1.82) is 0 Å². The molecular weight excluding hydrogens is 362 g/mol. The number of hydrogen-bond acceptors (Lipinski definition) is 4. The van der Waals surface area contributed by atoms with Gasteiger partial charge in [0.15, 0.2) is 0 Å². The molecule has 3 rings (SSSR count). The fourth-order valence-electron chi connectivity index (χ4n) is 3.11. The monoisotopic (exact) mass is 387 g/mol. The van der Waals surface area contributed by atoms with Gasteiger partial charge in [0.05, 0.1) is 4.90 Å². The summed E-state index contributed by atoms with van der Waals surface area (Å²) in [4.78, 5) is 13.5. The first-order valence-electron chi connectivity index (χ1n) is 9.10. The Morgan fingerprint density at radius 2 is 1.81 bits per heavy atom. The van der Waals surface area contributed by atoms with Gasteiger partial charge in [-0.25, -0.2) is 8.42 Å². The van der Waals surface area contributed by atoms with Gasteiger partial charge in [-0.1, -0.05) is 6.92 Å². The minimum atomic E-state index is -3.69. The summed E-state index contributed by atoms with van der Waals surface area (Å²) < 4.78 is 28.1. The molecule has 1 aliphatic heterocycles. The summed E-state index contributed by atoms with van der Waals surface area (Å²) >= 11 is 0. The van der Waals surface area contributed by atoms with Crippen LogP contribution in [0.2, 0.25) is 0 Å². The SMILES string of the molecule is CCC(C)Nc1ccc(NS(=O)(=O)c2ccc3c(c2)CCN3C(C)=O)cc1. The van der Waals surface area contributed by atoms with E-state index in [9.17, 15) is 13.2 Å². The molecule has 0 spiro atoms.